The van der Waals surface area contributed by atoms with Crippen molar-refractivity contribution in [3.8, 4) is 0 Å². The van der Waals surface area contributed by atoms with E-state index in [0.717, 1.165) is 25.3 Å². The number of benzene rings is 1. The fourth-order valence-corrected chi connectivity index (χ4v) is 2.78. The molecule has 2 heterocycles. The summed E-state index contributed by atoms with van der Waals surface area (Å²) in [6.45, 7) is 5.12. The van der Waals surface area contributed by atoms with Crippen molar-refractivity contribution in [2.24, 2.45) is 0 Å². The number of anilines is 1. The van der Waals surface area contributed by atoms with Crippen LogP contribution in [-0.4, -0.2) is 23.2 Å². The lowest BCUT2D eigenvalue weighted by Crippen LogP contribution is -2.40. The van der Waals surface area contributed by atoms with E-state index in [-0.39, 0.29) is 5.60 Å². The maximum Gasteiger partial charge on any atom is 0.134 e. The topological polar surface area (TPSA) is 34.2 Å². The van der Waals surface area contributed by atoms with E-state index in [1.54, 1.807) is 0 Å². The van der Waals surface area contributed by atoms with Crippen LogP contribution in [0.2, 0.25) is 0 Å². The van der Waals surface area contributed by atoms with Gasteiger partial charge in [0.15, 0.2) is 0 Å². The van der Waals surface area contributed by atoms with Crippen molar-refractivity contribution < 1.29 is 4.74 Å². The summed E-state index contributed by atoms with van der Waals surface area (Å²) in [6, 6.07) is 10.8. The largest absolute Gasteiger partial charge is 0.375 e. The molecule has 1 aromatic heterocycles. The van der Waals surface area contributed by atoms with Crippen molar-refractivity contribution >= 4 is 16.6 Å². The van der Waals surface area contributed by atoms with Crippen LogP contribution in [0.5, 0.6) is 0 Å². The van der Waals surface area contributed by atoms with Gasteiger partial charge in [-0.05, 0) is 38.1 Å². The van der Waals surface area contributed by atoms with Crippen LogP contribution in [0.25, 0.3) is 10.8 Å². The van der Waals surface area contributed by atoms with Crippen LogP contribution in [0.1, 0.15) is 26.7 Å². The van der Waals surface area contributed by atoms with E-state index < -0.39 is 0 Å². The second kappa shape index (κ2) is 4.82. The van der Waals surface area contributed by atoms with E-state index in [1.807, 2.05) is 6.20 Å². The number of aromatic nitrogens is 1. The average Bonchev–Trinajstić information content (AvgIpc) is 2.38. The Morgan fingerprint density at radius 2 is 2.11 bits per heavy atom. The first-order chi connectivity index (χ1) is 9.14. The highest BCUT2D eigenvalue weighted by molar-refractivity contribution is 5.91. The van der Waals surface area contributed by atoms with Gasteiger partial charge < -0.3 is 10.1 Å². The zero-order valence-corrected chi connectivity index (χ0v) is 11.5. The van der Waals surface area contributed by atoms with Crippen LogP contribution >= 0.6 is 0 Å². The smallest absolute Gasteiger partial charge is 0.134 e. The van der Waals surface area contributed by atoms with Crippen LogP contribution in [0.4, 0.5) is 5.82 Å². The van der Waals surface area contributed by atoms with Gasteiger partial charge in [-0.15, -0.1) is 0 Å². The highest BCUT2D eigenvalue weighted by Gasteiger charge is 2.29. The first kappa shape index (κ1) is 12.4. The molecule has 1 aliphatic rings. The Labute approximate surface area is 114 Å². The summed E-state index contributed by atoms with van der Waals surface area (Å²) in [7, 11) is 0. The predicted molar refractivity (Wildman–Crippen MR) is 78.4 cm³/mol. The summed E-state index contributed by atoms with van der Waals surface area (Å²) < 4.78 is 5.76. The lowest BCUT2D eigenvalue weighted by atomic mass is 9.94. The maximum atomic E-state index is 5.76. The summed E-state index contributed by atoms with van der Waals surface area (Å²) in [5.74, 6) is 0.987. The molecular formula is C16H20N2O. The Morgan fingerprint density at radius 3 is 2.95 bits per heavy atom. The van der Waals surface area contributed by atoms with Crippen molar-refractivity contribution in [2.75, 3.05) is 11.9 Å². The second-order valence-corrected chi connectivity index (χ2v) is 5.82. The molecule has 1 unspecified atom stereocenters. The van der Waals surface area contributed by atoms with Crippen molar-refractivity contribution in [1.82, 2.24) is 4.98 Å². The molecular weight excluding hydrogens is 236 g/mol. The molecule has 1 atom stereocenters. The number of pyridine rings is 1. The highest BCUT2D eigenvalue weighted by atomic mass is 16.5. The van der Waals surface area contributed by atoms with E-state index in [0.29, 0.717) is 6.04 Å². The number of rotatable bonds is 2. The molecule has 2 aromatic rings. The molecule has 1 fully saturated rings. The van der Waals surface area contributed by atoms with Crippen molar-refractivity contribution in [1.29, 1.82) is 0 Å². The normalized spacial score (nSPS) is 22.3. The van der Waals surface area contributed by atoms with Gasteiger partial charge in [0.2, 0.25) is 0 Å². The molecule has 0 saturated carbocycles. The third-order valence-corrected chi connectivity index (χ3v) is 3.71. The summed E-state index contributed by atoms with van der Waals surface area (Å²) in [4.78, 5) is 4.50. The highest BCUT2D eigenvalue weighted by Crippen LogP contribution is 2.28. The van der Waals surface area contributed by atoms with Crippen LogP contribution in [0.3, 0.4) is 0 Å². The average molecular weight is 256 g/mol. The van der Waals surface area contributed by atoms with E-state index in [1.165, 1.54) is 10.8 Å². The first-order valence-electron chi connectivity index (χ1n) is 6.88. The number of ether oxygens (including phenoxy) is 1. The molecule has 1 N–H and O–H groups in total. The van der Waals surface area contributed by atoms with Gasteiger partial charge in [-0.2, -0.15) is 0 Å². The lowest BCUT2D eigenvalue weighted by Gasteiger charge is -2.36. The minimum Gasteiger partial charge on any atom is -0.375 e. The second-order valence-electron chi connectivity index (χ2n) is 5.82. The third kappa shape index (κ3) is 2.71. The zero-order valence-electron chi connectivity index (χ0n) is 11.5. The van der Waals surface area contributed by atoms with Gasteiger partial charge in [-0.1, -0.05) is 24.3 Å². The third-order valence-electron chi connectivity index (χ3n) is 3.71. The molecule has 100 valence electrons. The predicted octanol–water partition coefficient (Wildman–Crippen LogP) is 3.60. The Bertz CT molecular complexity index is 574. The molecule has 19 heavy (non-hydrogen) atoms. The molecule has 1 aliphatic heterocycles. The van der Waals surface area contributed by atoms with Crippen LogP contribution in [0, 0.1) is 0 Å². The van der Waals surface area contributed by atoms with Gasteiger partial charge in [0.05, 0.1) is 5.60 Å². The fraction of sp³-hybridized carbons (Fsp3) is 0.438. The van der Waals surface area contributed by atoms with Crippen molar-refractivity contribution in [2.45, 2.75) is 38.3 Å². The van der Waals surface area contributed by atoms with Crippen molar-refractivity contribution in [3.63, 3.8) is 0 Å². The standard InChI is InChI=1S/C16H20N2O/c1-16(2)11-13(8-10-19-16)18-15-14-6-4-3-5-12(14)7-9-17-15/h3-7,9,13H,8,10-11H2,1-2H3,(H,17,18). The molecule has 0 spiro atoms. The summed E-state index contributed by atoms with van der Waals surface area (Å²) in [5, 5.41) is 6.01. The molecule has 0 radical (unpaired) electrons. The molecule has 0 amide bonds. The number of hydrogen-bond acceptors (Lipinski definition) is 3. The molecule has 0 aliphatic carbocycles. The van der Waals surface area contributed by atoms with Crippen LogP contribution < -0.4 is 5.32 Å². The van der Waals surface area contributed by atoms with Gasteiger partial charge >= 0.3 is 0 Å². The Morgan fingerprint density at radius 1 is 1.26 bits per heavy atom. The van der Waals surface area contributed by atoms with Crippen molar-refractivity contribution in [3.05, 3.63) is 36.5 Å². The van der Waals surface area contributed by atoms with Crippen LogP contribution in [0.15, 0.2) is 36.5 Å². The summed E-state index contributed by atoms with van der Waals surface area (Å²) in [5.41, 5.74) is -0.0412. The molecule has 3 heteroatoms. The minimum atomic E-state index is -0.0412. The molecule has 1 saturated heterocycles. The quantitative estimate of drug-likeness (QED) is 0.891. The number of nitrogens with one attached hydrogen (secondary N) is 1. The molecule has 3 rings (SSSR count). The van der Waals surface area contributed by atoms with E-state index in [9.17, 15) is 0 Å². The van der Waals surface area contributed by atoms with E-state index in [4.69, 9.17) is 4.74 Å². The number of hydrogen-bond donors (Lipinski definition) is 1. The van der Waals surface area contributed by atoms with Gasteiger partial charge in [-0.3, -0.25) is 0 Å². The lowest BCUT2D eigenvalue weighted by molar-refractivity contribution is -0.0553. The maximum absolute atomic E-state index is 5.76. The summed E-state index contributed by atoms with van der Waals surface area (Å²) >= 11 is 0. The van der Waals surface area contributed by atoms with Gasteiger partial charge in [0, 0.05) is 24.2 Å². The molecule has 1 aromatic carbocycles. The SMILES string of the molecule is CC1(C)CC(Nc2nccc3ccccc23)CCO1. The zero-order chi connectivity index (χ0) is 13.3. The monoisotopic (exact) mass is 256 g/mol. The minimum absolute atomic E-state index is 0.0412. The Hall–Kier alpha value is -1.61. The first-order valence-corrected chi connectivity index (χ1v) is 6.88. The molecule has 0 bridgehead atoms. The number of nitrogens with zero attached hydrogens (tertiary/aromatic N) is 1. The fourth-order valence-electron chi connectivity index (χ4n) is 2.78. The van der Waals surface area contributed by atoms with E-state index in [2.05, 4.69) is 54.5 Å². The van der Waals surface area contributed by atoms with Gasteiger partial charge in [0.25, 0.3) is 0 Å². The number of fused-ring (bicyclic) bond motifs is 1. The molecule has 3 nitrogen and oxygen atoms in total. The summed E-state index contributed by atoms with van der Waals surface area (Å²) in [6.07, 6.45) is 3.92. The van der Waals surface area contributed by atoms with Gasteiger partial charge in [-0.25, -0.2) is 4.98 Å². The van der Waals surface area contributed by atoms with Gasteiger partial charge in [0.1, 0.15) is 5.82 Å². The Kier molecular flexibility index (Phi) is 3.15. The van der Waals surface area contributed by atoms with E-state index >= 15 is 0 Å². The van der Waals surface area contributed by atoms with Crippen LogP contribution in [-0.2, 0) is 4.74 Å². The Balaban J connectivity index is 1.85.